The number of hydrogen-bond donors (Lipinski definition) is 0. The van der Waals surface area contributed by atoms with Gasteiger partial charge in [-0.15, -0.1) is 0 Å². The number of benzene rings is 2. The van der Waals surface area contributed by atoms with Crippen LogP contribution in [-0.2, 0) is 6.54 Å². The highest BCUT2D eigenvalue weighted by Gasteiger charge is 2.12. The Morgan fingerprint density at radius 3 is 2.69 bits per heavy atom. The summed E-state index contributed by atoms with van der Waals surface area (Å²) < 4.78 is 5.32. The number of imidazole rings is 1. The third-order valence-corrected chi connectivity index (χ3v) is 6.08. The Morgan fingerprint density at radius 2 is 1.93 bits per heavy atom. The largest absolute Gasteiger partial charge is 0.325 e. The highest BCUT2D eigenvalue weighted by atomic mass is 79.9. The number of para-hydroxylation sites is 2. The van der Waals surface area contributed by atoms with Crippen LogP contribution in [0.4, 0.5) is 0 Å². The Kier molecular flexibility index (Phi) is 5.12. The Morgan fingerprint density at radius 1 is 1.14 bits per heavy atom. The van der Waals surface area contributed by atoms with E-state index in [0.29, 0.717) is 12.1 Å². The summed E-state index contributed by atoms with van der Waals surface area (Å²) in [5.41, 5.74) is 8.28. The van der Waals surface area contributed by atoms with Crippen LogP contribution in [0.2, 0.25) is 0 Å². The van der Waals surface area contributed by atoms with Crippen LogP contribution >= 0.6 is 15.9 Å². The second kappa shape index (κ2) is 7.73. The van der Waals surface area contributed by atoms with E-state index in [1.54, 1.807) is 6.33 Å². The van der Waals surface area contributed by atoms with Gasteiger partial charge in [-0.05, 0) is 68.3 Å². The van der Waals surface area contributed by atoms with Gasteiger partial charge in [0.25, 0.3) is 0 Å². The summed E-state index contributed by atoms with van der Waals surface area (Å²) in [5, 5.41) is 9.74. The molecule has 0 atom stereocenters. The van der Waals surface area contributed by atoms with Gasteiger partial charge in [0.2, 0.25) is 0 Å². The van der Waals surface area contributed by atoms with Crippen molar-refractivity contribution in [3.8, 4) is 11.8 Å². The molecule has 0 unspecified atom stereocenters. The van der Waals surface area contributed by atoms with Crippen molar-refractivity contribution in [1.82, 2.24) is 14.1 Å². The number of rotatable bonds is 4. The molecule has 0 N–H and O–H groups in total. The lowest BCUT2D eigenvalue weighted by molar-refractivity contribution is 0.830. The Balaban J connectivity index is 1.71. The van der Waals surface area contributed by atoms with Gasteiger partial charge in [0.05, 0.1) is 30.0 Å². The number of nitriles is 1. The molecule has 0 aliphatic heterocycles. The number of nitrogens with zero attached hydrogens (tertiary/aromatic N) is 4. The van der Waals surface area contributed by atoms with Gasteiger partial charge < -0.3 is 9.13 Å². The van der Waals surface area contributed by atoms with E-state index in [9.17, 15) is 5.26 Å². The molecule has 0 fully saturated rings. The Bertz CT molecular complexity index is 1280. The van der Waals surface area contributed by atoms with Gasteiger partial charge in [-0.2, -0.15) is 5.26 Å². The third-order valence-electron chi connectivity index (χ3n) is 5.23. The first kappa shape index (κ1) is 19.2. The SMILES string of the molecule is Cc1ccc(-n2c(C)cc(/C=C(/C#N)Cn3cnc4ccccc43)c2C)cc1Br. The maximum absolute atomic E-state index is 9.74. The lowest BCUT2D eigenvalue weighted by Gasteiger charge is -2.11. The van der Waals surface area contributed by atoms with Crippen molar-refractivity contribution in [2.24, 2.45) is 0 Å². The fourth-order valence-electron chi connectivity index (χ4n) is 3.67. The van der Waals surface area contributed by atoms with Crippen molar-refractivity contribution in [3.63, 3.8) is 0 Å². The van der Waals surface area contributed by atoms with Crippen molar-refractivity contribution in [1.29, 1.82) is 5.26 Å². The van der Waals surface area contributed by atoms with Crippen molar-refractivity contribution in [3.05, 3.63) is 87.4 Å². The number of aryl methyl sites for hydroxylation is 2. The summed E-state index contributed by atoms with van der Waals surface area (Å²) in [6, 6.07) is 18.8. The predicted octanol–water partition coefficient (Wildman–Crippen LogP) is 6.12. The standard InChI is InChI=1S/C24H21BrN4/c1-16-8-9-21(12-22(16)25)29-17(2)10-20(18(29)3)11-19(13-26)14-28-15-27-23-6-4-5-7-24(23)28/h4-12,15H,14H2,1-3H3/b19-11-. The van der Waals surface area contributed by atoms with E-state index in [-0.39, 0.29) is 0 Å². The highest BCUT2D eigenvalue weighted by Crippen LogP contribution is 2.26. The minimum Gasteiger partial charge on any atom is -0.325 e. The van der Waals surface area contributed by atoms with E-state index in [0.717, 1.165) is 38.1 Å². The second-order valence-corrected chi connectivity index (χ2v) is 8.09. The number of fused-ring (bicyclic) bond motifs is 1. The van der Waals surface area contributed by atoms with Crippen LogP contribution in [0.5, 0.6) is 0 Å². The summed E-state index contributed by atoms with van der Waals surface area (Å²) >= 11 is 3.63. The van der Waals surface area contributed by atoms with Crippen LogP contribution in [0, 0.1) is 32.1 Å². The predicted molar refractivity (Wildman–Crippen MR) is 121 cm³/mol. The summed E-state index contributed by atoms with van der Waals surface area (Å²) in [4.78, 5) is 4.42. The summed E-state index contributed by atoms with van der Waals surface area (Å²) in [6.45, 7) is 6.76. The van der Waals surface area contributed by atoms with E-state index in [1.165, 1.54) is 5.56 Å². The van der Waals surface area contributed by atoms with Gasteiger partial charge in [0.15, 0.2) is 0 Å². The van der Waals surface area contributed by atoms with E-state index >= 15 is 0 Å². The first-order chi connectivity index (χ1) is 14.0. The average molecular weight is 445 g/mol. The zero-order valence-electron chi connectivity index (χ0n) is 16.6. The lowest BCUT2D eigenvalue weighted by Crippen LogP contribution is -2.00. The molecule has 5 heteroatoms. The molecule has 0 bridgehead atoms. The van der Waals surface area contributed by atoms with E-state index < -0.39 is 0 Å². The first-order valence-electron chi connectivity index (χ1n) is 9.44. The molecule has 0 saturated carbocycles. The topological polar surface area (TPSA) is 46.5 Å². The first-order valence-corrected chi connectivity index (χ1v) is 10.2. The molecule has 0 radical (unpaired) electrons. The van der Waals surface area contributed by atoms with Crippen LogP contribution in [0.25, 0.3) is 22.8 Å². The maximum atomic E-state index is 9.74. The molecule has 0 spiro atoms. The van der Waals surface area contributed by atoms with Crippen molar-refractivity contribution in [2.75, 3.05) is 0 Å². The summed E-state index contributed by atoms with van der Waals surface area (Å²) in [5.74, 6) is 0. The van der Waals surface area contributed by atoms with E-state index in [4.69, 9.17) is 0 Å². The smallest absolute Gasteiger partial charge is 0.0966 e. The molecule has 0 aliphatic carbocycles. The summed E-state index contributed by atoms with van der Waals surface area (Å²) in [7, 11) is 0. The van der Waals surface area contributed by atoms with E-state index in [2.05, 4.69) is 76.6 Å². The summed E-state index contributed by atoms with van der Waals surface area (Å²) in [6.07, 6.45) is 3.78. The molecular formula is C24H21BrN4. The van der Waals surface area contributed by atoms with Gasteiger partial charge in [0.1, 0.15) is 0 Å². The maximum Gasteiger partial charge on any atom is 0.0966 e. The quantitative estimate of drug-likeness (QED) is 0.355. The van der Waals surface area contributed by atoms with Gasteiger partial charge in [0, 0.05) is 27.1 Å². The molecule has 4 nitrogen and oxygen atoms in total. The molecule has 2 aromatic heterocycles. The minimum absolute atomic E-state index is 0.497. The molecule has 2 aromatic carbocycles. The van der Waals surface area contributed by atoms with E-state index in [1.807, 2.05) is 34.9 Å². The van der Waals surface area contributed by atoms with Gasteiger partial charge in [-0.3, -0.25) is 0 Å². The van der Waals surface area contributed by atoms with Gasteiger partial charge in [-0.1, -0.05) is 34.1 Å². The molecule has 4 rings (SSSR count). The van der Waals surface area contributed by atoms with Crippen molar-refractivity contribution >= 4 is 33.0 Å². The third kappa shape index (κ3) is 3.64. The van der Waals surface area contributed by atoms with Crippen LogP contribution in [0.15, 0.2) is 64.9 Å². The molecule has 4 aromatic rings. The van der Waals surface area contributed by atoms with Crippen LogP contribution < -0.4 is 0 Å². The zero-order valence-corrected chi connectivity index (χ0v) is 18.2. The highest BCUT2D eigenvalue weighted by molar-refractivity contribution is 9.10. The monoisotopic (exact) mass is 444 g/mol. The molecule has 0 aliphatic rings. The number of halogens is 1. The van der Waals surface area contributed by atoms with Crippen LogP contribution in [0.1, 0.15) is 22.5 Å². The second-order valence-electron chi connectivity index (χ2n) is 7.24. The fourth-order valence-corrected chi connectivity index (χ4v) is 4.04. The molecule has 29 heavy (non-hydrogen) atoms. The van der Waals surface area contributed by atoms with Gasteiger partial charge >= 0.3 is 0 Å². The molecule has 2 heterocycles. The van der Waals surface area contributed by atoms with Crippen molar-refractivity contribution in [2.45, 2.75) is 27.3 Å². The number of allylic oxidation sites excluding steroid dienone is 1. The lowest BCUT2D eigenvalue weighted by atomic mass is 10.1. The number of hydrogen-bond acceptors (Lipinski definition) is 2. The fraction of sp³-hybridized carbons (Fsp3) is 0.167. The molecular weight excluding hydrogens is 424 g/mol. The normalized spacial score (nSPS) is 11.8. The molecule has 0 amide bonds. The zero-order chi connectivity index (χ0) is 20.5. The molecule has 144 valence electrons. The molecule has 0 saturated heterocycles. The minimum atomic E-state index is 0.497. The average Bonchev–Trinajstić information content (AvgIpc) is 3.24. The number of aromatic nitrogens is 3. The van der Waals surface area contributed by atoms with Gasteiger partial charge in [-0.25, -0.2) is 4.98 Å². The Labute approximate surface area is 178 Å². The Hall–Kier alpha value is -3.10. The van der Waals surface area contributed by atoms with Crippen LogP contribution in [0.3, 0.4) is 0 Å². The van der Waals surface area contributed by atoms with Crippen molar-refractivity contribution < 1.29 is 0 Å². The van der Waals surface area contributed by atoms with Crippen LogP contribution in [-0.4, -0.2) is 14.1 Å².